The second kappa shape index (κ2) is 7.88. The van der Waals surface area contributed by atoms with Crippen LogP contribution in [-0.4, -0.2) is 61.3 Å². The molecule has 0 saturated heterocycles. The Kier molecular flexibility index (Phi) is 5.83. The van der Waals surface area contributed by atoms with Gasteiger partial charge in [0.2, 0.25) is 0 Å². The Morgan fingerprint density at radius 1 is 1.46 bits per heavy atom. The highest BCUT2D eigenvalue weighted by Gasteiger charge is 2.33. The Bertz CT molecular complexity index is 684. The summed E-state index contributed by atoms with van der Waals surface area (Å²) in [5, 5.41) is 10.6. The summed E-state index contributed by atoms with van der Waals surface area (Å²) in [7, 11) is -0.819. The van der Waals surface area contributed by atoms with E-state index in [0.29, 0.717) is 23.9 Å². The highest BCUT2D eigenvalue weighted by molar-refractivity contribution is 8.27. The minimum Gasteiger partial charge on any atom is -0.493 e. The minimum absolute atomic E-state index is 0.0781. The molecule has 3 rings (SSSR count). The molecule has 0 saturated carbocycles. The molecule has 1 N–H and O–H groups in total. The summed E-state index contributed by atoms with van der Waals surface area (Å²) in [5.41, 5.74) is 0. The summed E-state index contributed by atoms with van der Waals surface area (Å²) in [6, 6.07) is -0.587. The number of rotatable bonds is 7. The SMILES string of the molecule is CCS(=O)CCOC1=CCC2N=C(C3=N[C@@H](C(=O)O)CS3)SC2=C1. The highest BCUT2D eigenvalue weighted by Crippen LogP contribution is 2.39. The second-order valence-electron chi connectivity index (χ2n) is 5.32. The van der Waals surface area contributed by atoms with Gasteiger partial charge in [-0.05, 0) is 18.6 Å². The number of aliphatic carboxylic acids is 1. The number of carbonyl (C=O) groups is 1. The molecule has 2 unspecified atom stereocenters. The first kappa shape index (κ1) is 17.8. The average Bonchev–Trinajstić information content (AvgIpc) is 3.20. The Morgan fingerprint density at radius 3 is 3.00 bits per heavy atom. The van der Waals surface area contributed by atoms with Crippen molar-refractivity contribution in [2.45, 2.75) is 25.4 Å². The number of aliphatic imine (C=N–C) groups is 2. The number of allylic oxidation sites excluding steroid dienone is 1. The lowest BCUT2D eigenvalue weighted by molar-refractivity contribution is -0.137. The minimum atomic E-state index is -0.889. The van der Waals surface area contributed by atoms with Gasteiger partial charge in [-0.25, -0.2) is 4.79 Å². The van der Waals surface area contributed by atoms with E-state index in [0.717, 1.165) is 27.2 Å². The average molecular weight is 387 g/mol. The fourth-order valence-corrected chi connectivity index (χ4v) is 5.12. The molecule has 130 valence electrons. The molecule has 2 heterocycles. The van der Waals surface area contributed by atoms with E-state index in [2.05, 4.69) is 9.98 Å². The van der Waals surface area contributed by atoms with Gasteiger partial charge in [-0.3, -0.25) is 14.2 Å². The zero-order valence-corrected chi connectivity index (χ0v) is 15.6. The standard InChI is InChI=1S/C15H18N2O4S3/c1-2-24(20)6-5-21-9-3-4-10-12(7-9)23-14(16-10)13-17-11(8-22-13)15(18)19/h3,7,10-11H,2,4-6,8H2,1H3,(H,18,19)/t10?,11-,24?/m1/s1. The van der Waals surface area contributed by atoms with Crippen LogP contribution >= 0.6 is 23.5 Å². The van der Waals surface area contributed by atoms with Crippen molar-refractivity contribution in [2.75, 3.05) is 23.9 Å². The summed E-state index contributed by atoms with van der Waals surface area (Å²) in [6.07, 6.45) is 4.73. The lowest BCUT2D eigenvalue weighted by Crippen LogP contribution is -2.17. The predicted octanol–water partition coefficient (Wildman–Crippen LogP) is 2.06. The second-order valence-corrected chi connectivity index (χ2v) is 9.26. The molecule has 6 nitrogen and oxygen atoms in total. The number of fused-ring (bicyclic) bond motifs is 1. The molecule has 2 aliphatic heterocycles. The first-order valence-corrected chi connectivity index (χ1v) is 10.9. The molecule has 0 radical (unpaired) electrons. The Balaban J connectivity index is 1.58. The first-order chi connectivity index (χ1) is 11.6. The maximum Gasteiger partial charge on any atom is 0.329 e. The van der Waals surface area contributed by atoms with Gasteiger partial charge in [0.05, 0.1) is 18.4 Å². The summed E-state index contributed by atoms with van der Waals surface area (Å²) < 4.78 is 17.1. The van der Waals surface area contributed by atoms with Crippen molar-refractivity contribution in [3.05, 3.63) is 22.8 Å². The molecule has 0 amide bonds. The van der Waals surface area contributed by atoms with Gasteiger partial charge in [0.15, 0.2) is 6.04 Å². The quantitative estimate of drug-likeness (QED) is 0.720. The molecule has 3 aliphatic rings. The molecule has 24 heavy (non-hydrogen) atoms. The van der Waals surface area contributed by atoms with E-state index in [1.807, 2.05) is 19.1 Å². The maximum atomic E-state index is 11.4. The third-order valence-electron chi connectivity index (χ3n) is 3.66. The third-order valence-corrected chi connectivity index (χ3v) is 7.23. The zero-order valence-electron chi connectivity index (χ0n) is 13.1. The highest BCUT2D eigenvalue weighted by atomic mass is 32.2. The van der Waals surface area contributed by atoms with Crippen molar-refractivity contribution in [3.63, 3.8) is 0 Å². The smallest absolute Gasteiger partial charge is 0.329 e. The third kappa shape index (κ3) is 4.12. The van der Waals surface area contributed by atoms with Crippen LogP contribution in [-0.2, 0) is 20.3 Å². The summed E-state index contributed by atoms with van der Waals surface area (Å²) in [6.45, 7) is 2.34. The zero-order chi connectivity index (χ0) is 17.1. The van der Waals surface area contributed by atoms with E-state index < -0.39 is 22.8 Å². The van der Waals surface area contributed by atoms with E-state index in [-0.39, 0.29) is 6.04 Å². The van der Waals surface area contributed by atoms with Crippen LogP contribution in [0.3, 0.4) is 0 Å². The fourth-order valence-electron chi connectivity index (χ4n) is 2.35. The number of carboxylic acid groups (broad SMARTS) is 1. The van der Waals surface area contributed by atoms with Crippen LogP contribution in [0.1, 0.15) is 13.3 Å². The molecule has 0 aromatic rings. The van der Waals surface area contributed by atoms with Crippen LogP contribution in [0.15, 0.2) is 32.8 Å². The molecular weight excluding hydrogens is 368 g/mol. The first-order valence-electron chi connectivity index (χ1n) is 7.65. The van der Waals surface area contributed by atoms with Gasteiger partial charge >= 0.3 is 5.97 Å². The number of nitrogens with zero attached hydrogens (tertiary/aromatic N) is 2. The van der Waals surface area contributed by atoms with E-state index in [1.54, 1.807) is 0 Å². The van der Waals surface area contributed by atoms with Crippen molar-refractivity contribution in [2.24, 2.45) is 9.98 Å². The topological polar surface area (TPSA) is 88.3 Å². The van der Waals surface area contributed by atoms with Gasteiger partial charge in [-0.15, -0.1) is 11.8 Å². The molecule has 3 atom stereocenters. The molecule has 0 aromatic carbocycles. The van der Waals surface area contributed by atoms with Crippen LogP contribution in [0.5, 0.6) is 0 Å². The Morgan fingerprint density at radius 2 is 2.29 bits per heavy atom. The monoisotopic (exact) mass is 386 g/mol. The van der Waals surface area contributed by atoms with Crippen molar-refractivity contribution in [3.8, 4) is 0 Å². The molecule has 0 bridgehead atoms. The van der Waals surface area contributed by atoms with Gasteiger partial charge in [0.1, 0.15) is 15.8 Å². The number of ether oxygens (including phenoxy) is 1. The van der Waals surface area contributed by atoms with Crippen molar-refractivity contribution < 1.29 is 18.8 Å². The number of hydrogen-bond donors (Lipinski definition) is 1. The van der Waals surface area contributed by atoms with E-state index >= 15 is 0 Å². The maximum absolute atomic E-state index is 11.4. The summed E-state index contributed by atoms with van der Waals surface area (Å²) in [4.78, 5) is 21.0. The number of hydrogen-bond acceptors (Lipinski definition) is 7. The molecule has 1 aliphatic carbocycles. The molecule has 0 fully saturated rings. The van der Waals surface area contributed by atoms with E-state index in [4.69, 9.17) is 9.84 Å². The fraction of sp³-hybridized carbons (Fsp3) is 0.533. The van der Waals surface area contributed by atoms with Gasteiger partial charge in [0, 0.05) is 27.2 Å². The van der Waals surface area contributed by atoms with E-state index in [9.17, 15) is 9.00 Å². The predicted molar refractivity (Wildman–Crippen MR) is 100 cm³/mol. The van der Waals surface area contributed by atoms with Crippen molar-refractivity contribution >= 4 is 50.4 Å². The Hall–Kier alpha value is -1.06. The molecule has 0 spiro atoms. The lowest BCUT2D eigenvalue weighted by Gasteiger charge is -2.15. The number of thioether (sulfide) groups is 2. The van der Waals surface area contributed by atoms with Gasteiger partial charge in [-0.2, -0.15) is 0 Å². The van der Waals surface area contributed by atoms with Gasteiger partial charge in [0.25, 0.3) is 0 Å². The van der Waals surface area contributed by atoms with Gasteiger partial charge < -0.3 is 9.84 Å². The lowest BCUT2D eigenvalue weighted by atomic mass is 10.1. The Labute approximate surface area is 151 Å². The largest absolute Gasteiger partial charge is 0.493 e. The van der Waals surface area contributed by atoms with Crippen LogP contribution in [0, 0.1) is 0 Å². The molecule has 9 heteroatoms. The summed E-state index contributed by atoms with van der Waals surface area (Å²) in [5.74, 6) is 1.56. The van der Waals surface area contributed by atoms with Crippen LogP contribution in [0.2, 0.25) is 0 Å². The van der Waals surface area contributed by atoms with Crippen molar-refractivity contribution in [1.29, 1.82) is 0 Å². The van der Waals surface area contributed by atoms with Crippen molar-refractivity contribution in [1.82, 2.24) is 0 Å². The van der Waals surface area contributed by atoms with Crippen LogP contribution in [0.25, 0.3) is 0 Å². The normalized spacial score (nSPS) is 26.9. The number of carboxylic acids is 1. The van der Waals surface area contributed by atoms with Gasteiger partial charge in [-0.1, -0.05) is 18.7 Å². The summed E-state index contributed by atoms with van der Waals surface area (Å²) >= 11 is 2.99. The molecular formula is C15H18N2O4S3. The molecule has 0 aromatic heterocycles. The van der Waals surface area contributed by atoms with E-state index in [1.165, 1.54) is 23.5 Å². The van der Waals surface area contributed by atoms with Crippen LogP contribution < -0.4 is 0 Å². The van der Waals surface area contributed by atoms with Crippen LogP contribution in [0.4, 0.5) is 0 Å².